The van der Waals surface area contributed by atoms with Crippen molar-refractivity contribution >= 4 is 33.2 Å². The average Bonchev–Trinajstić information content (AvgIpc) is 2.81. The number of carbonyl (C=O) groups is 2. The lowest BCUT2D eigenvalue weighted by atomic mass is 10.1. The number of amides is 2. The number of sulfonamides is 1. The van der Waals surface area contributed by atoms with Gasteiger partial charge in [0.1, 0.15) is 11.6 Å². The predicted molar refractivity (Wildman–Crippen MR) is 123 cm³/mol. The number of hydrogen-bond acceptors (Lipinski definition) is 5. The topological polar surface area (TPSA) is 119 Å². The Labute approximate surface area is 190 Å². The highest BCUT2D eigenvalue weighted by molar-refractivity contribution is 7.92. The maximum Gasteiger partial charge on any atom is 0.264 e. The van der Waals surface area contributed by atoms with Gasteiger partial charge in [0.05, 0.1) is 17.7 Å². The number of carbonyl (C=O) groups excluding carboxylic acids is 2. The van der Waals surface area contributed by atoms with Gasteiger partial charge in [0, 0.05) is 29.4 Å². The van der Waals surface area contributed by atoms with Crippen molar-refractivity contribution in [3.63, 3.8) is 0 Å². The van der Waals surface area contributed by atoms with Crippen LogP contribution in [0.5, 0.6) is 5.75 Å². The molecule has 0 unspecified atom stereocenters. The van der Waals surface area contributed by atoms with Crippen LogP contribution in [0.2, 0.25) is 0 Å². The van der Waals surface area contributed by atoms with E-state index < -0.39 is 27.7 Å². The van der Waals surface area contributed by atoms with E-state index in [0.29, 0.717) is 11.4 Å². The molecule has 0 heterocycles. The molecule has 0 aliphatic carbocycles. The molecule has 0 fully saturated rings. The number of methoxy groups -OCH3 is 1. The second-order valence-corrected chi connectivity index (χ2v) is 9.12. The number of hydrogen-bond donors (Lipinski definition) is 2. The van der Waals surface area contributed by atoms with E-state index in [1.165, 1.54) is 51.4 Å². The molecule has 0 aromatic heterocycles. The van der Waals surface area contributed by atoms with Gasteiger partial charge in [-0.2, -0.15) is 0 Å². The Bertz CT molecular complexity index is 1320. The van der Waals surface area contributed by atoms with Crippen LogP contribution in [-0.2, 0) is 10.0 Å². The molecule has 3 N–H and O–H groups in total. The lowest BCUT2D eigenvalue weighted by Gasteiger charge is -2.20. The zero-order valence-electron chi connectivity index (χ0n) is 18.1. The summed E-state index contributed by atoms with van der Waals surface area (Å²) in [5, 5.41) is 2.51. The van der Waals surface area contributed by atoms with E-state index in [1.54, 1.807) is 24.3 Å². The van der Waals surface area contributed by atoms with Crippen molar-refractivity contribution in [3.05, 3.63) is 83.2 Å². The van der Waals surface area contributed by atoms with E-state index in [9.17, 15) is 22.4 Å². The third kappa shape index (κ3) is 4.96. The van der Waals surface area contributed by atoms with Gasteiger partial charge in [-0.3, -0.25) is 13.9 Å². The Morgan fingerprint density at radius 2 is 1.70 bits per heavy atom. The first kappa shape index (κ1) is 23.7. The summed E-state index contributed by atoms with van der Waals surface area (Å²) in [5.41, 5.74) is 5.70. The van der Waals surface area contributed by atoms with Crippen LogP contribution in [0.1, 0.15) is 26.3 Å². The minimum absolute atomic E-state index is 0.0310. The summed E-state index contributed by atoms with van der Waals surface area (Å²) < 4.78 is 46.5. The summed E-state index contributed by atoms with van der Waals surface area (Å²) in [6, 6.07) is 14.1. The van der Waals surface area contributed by atoms with Gasteiger partial charge in [-0.05, 0) is 61.5 Å². The fourth-order valence-corrected chi connectivity index (χ4v) is 4.27. The van der Waals surface area contributed by atoms with Crippen LogP contribution in [0.15, 0.2) is 65.6 Å². The number of anilines is 2. The molecule has 0 atom stereocenters. The monoisotopic (exact) mass is 471 g/mol. The van der Waals surface area contributed by atoms with Crippen LogP contribution >= 0.6 is 0 Å². The summed E-state index contributed by atoms with van der Waals surface area (Å²) in [6.07, 6.45) is 0. The predicted octanol–water partition coefficient (Wildman–Crippen LogP) is 3.32. The molecule has 0 aliphatic rings. The van der Waals surface area contributed by atoms with Crippen molar-refractivity contribution in [1.82, 2.24) is 0 Å². The molecule has 0 saturated heterocycles. The van der Waals surface area contributed by atoms with Crippen LogP contribution in [0.3, 0.4) is 0 Å². The highest BCUT2D eigenvalue weighted by atomic mass is 32.2. The first-order valence-electron chi connectivity index (χ1n) is 9.69. The van der Waals surface area contributed by atoms with E-state index in [2.05, 4.69) is 5.32 Å². The summed E-state index contributed by atoms with van der Waals surface area (Å²) in [4.78, 5) is 24.1. The average molecular weight is 472 g/mol. The van der Waals surface area contributed by atoms with Gasteiger partial charge < -0.3 is 15.8 Å². The zero-order chi connectivity index (χ0) is 24.3. The second-order valence-electron chi connectivity index (χ2n) is 7.15. The van der Waals surface area contributed by atoms with E-state index in [1.807, 2.05) is 0 Å². The van der Waals surface area contributed by atoms with Crippen LogP contribution in [0.25, 0.3) is 0 Å². The quantitative estimate of drug-likeness (QED) is 0.548. The fraction of sp³-hybridized carbons (Fsp3) is 0.130. The second kappa shape index (κ2) is 9.29. The van der Waals surface area contributed by atoms with Crippen molar-refractivity contribution in [1.29, 1.82) is 0 Å². The summed E-state index contributed by atoms with van der Waals surface area (Å²) in [6.45, 7) is 1.43. The zero-order valence-corrected chi connectivity index (χ0v) is 18.9. The molecule has 172 valence electrons. The van der Waals surface area contributed by atoms with Gasteiger partial charge in [0.15, 0.2) is 0 Å². The number of ether oxygens (including phenoxy) is 1. The minimum Gasteiger partial charge on any atom is -0.497 e. The maximum absolute atomic E-state index is 14.1. The van der Waals surface area contributed by atoms with Crippen LogP contribution in [0, 0.1) is 12.7 Å². The molecule has 10 heteroatoms. The number of nitrogens with one attached hydrogen (secondary N) is 1. The van der Waals surface area contributed by atoms with Gasteiger partial charge in [-0.15, -0.1) is 0 Å². The maximum atomic E-state index is 14.1. The highest BCUT2D eigenvalue weighted by Gasteiger charge is 2.23. The normalized spacial score (nSPS) is 11.0. The van der Waals surface area contributed by atoms with Crippen molar-refractivity contribution < 1.29 is 27.1 Å². The molecule has 3 rings (SSSR count). The summed E-state index contributed by atoms with van der Waals surface area (Å²) in [7, 11) is -1.08. The number of nitrogens with two attached hydrogens (primary N) is 1. The molecule has 8 nitrogen and oxygen atoms in total. The lowest BCUT2D eigenvalue weighted by Crippen LogP contribution is -2.27. The van der Waals surface area contributed by atoms with E-state index in [-0.39, 0.29) is 27.3 Å². The molecule has 0 saturated carbocycles. The van der Waals surface area contributed by atoms with Crippen molar-refractivity contribution in [2.45, 2.75) is 11.8 Å². The number of benzene rings is 3. The van der Waals surface area contributed by atoms with E-state index in [4.69, 9.17) is 10.5 Å². The molecular weight excluding hydrogens is 449 g/mol. The molecule has 0 bridgehead atoms. The van der Waals surface area contributed by atoms with Crippen molar-refractivity contribution in [2.24, 2.45) is 5.73 Å². The molecule has 0 aliphatic heterocycles. The third-order valence-corrected chi connectivity index (χ3v) is 6.85. The Kier molecular flexibility index (Phi) is 6.68. The molecule has 0 radical (unpaired) electrons. The van der Waals surface area contributed by atoms with Gasteiger partial charge in [-0.25, -0.2) is 12.8 Å². The largest absolute Gasteiger partial charge is 0.497 e. The number of rotatable bonds is 7. The summed E-state index contributed by atoms with van der Waals surface area (Å²) in [5.74, 6) is -1.66. The standard InChI is InChI=1S/C23H22FN3O5S/c1-14-20(24)12-16(22(25)28)13-21(14)26-23(29)15-5-4-6-19(11-15)33(30,31)27(2)17-7-9-18(32-3)10-8-17/h4-13H,1-3H3,(H2,25,28)(H,26,29). The van der Waals surface area contributed by atoms with Gasteiger partial charge in [-0.1, -0.05) is 6.07 Å². The van der Waals surface area contributed by atoms with E-state index >= 15 is 0 Å². The Morgan fingerprint density at radius 1 is 1.03 bits per heavy atom. The van der Waals surface area contributed by atoms with Crippen LogP contribution in [-0.4, -0.2) is 34.4 Å². The number of primary amides is 1. The first-order chi connectivity index (χ1) is 15.5. The smallest absolute Gasteiger partial charge is 0.264 e. The Balaban J connectivity index is 1.90. The van der Waals surface area contributed by atoms with Crippen LogP contribution < -0.4 is 20.1 Å². The van der Waals surface area contributed by atoms with E-state index in [0.717, 1.165) is 10.4 Å². The third-order valence-electron chi connectivity index (χ3n) is 5.07. The Morgan fingerprint density at radius 3 is 2.30 bits per heavy atom. The molecule has 0 spiro atoms. The fourth-order valence-electron chi connectivity index (χ4n) is 3.03. The van der Waals surface area contributed by atoms with Gasteiger partial charge in [0.2, 0.25) is 5.91 Å². The first-order valence-corrected chi connectivity index (χ1v) is 11.1. The van der Waals surface area contributed by atoms with Crippen molar-refractivity contribution in [2.75, 3.05) is 23.8 Å². The minimum atomic E-state index is -3.98. The van der Waals surface area contributed by atoms with Gasteiger partial charge >= 0.3 is 0 Å². The SMILES string of the molecule is COc1ccc(N(C)S(=O)(=O)c2cccc(C(=O)Nc3cc(C(N)=O)cc(F)c3C)c2)cc1. The highest BCUT2D eigenvalue weighted by Crippen LogP contribution is 2.26. The lowest BCUT2D eigenvalue weighted by molar-refractivity contribution is 0.0995. The summed E-state index contributed by atoms with van der Waals surface area (Å²) >= 11 is 0. The van der Waals surface area contributed by atoms with Crippen molar-refractivity contribution in [3.8, 4) is 5.75 Å². The Hall–Kier alpha value is -3.92. The molecular formula is C23H22FN3O5S. The molecule has 3 aromatic rings. The molecule has 2 amide bonds. The number of halogens is 1. The van der Waals surface area contributed by atoms with Crippen LogP contribution in [0.4, 0.5) is 15.8 Å². The molecule has 33 heavy (non-hydrogen) atoms. The molecule has 3 aromatic carbocycles. The van der Waals surface area contributed by atoms with Gasteiger partial charge in [0.25, 0.3) is 15.9 Å². The number of nitrogens with zero attached hydrogens (tertiary/aromatic N) is 1.